The Labute approximate surface area is 96.5 Å². The SMILES string of the molecule is O=C=N[C@@H]1C[C@@]12CCc1cc(Br)ccc12. The van der Waals surface area contributed by atoms with E-state index in [4.69, 9.17) is 0 Å². The van der Waals surface area contributed by atoms with E-state index in [1.165, 1.54) is 11.1 Å². The van der Waals surface area contributed by atoms with E-state index in [9.17, 15) is 4.79 Å². The van der Waals surface area contributed by atoms with Gasteiger partial charge in [-0.05, 0) is 42.5 Å². The van der Waals surface area contributed by atoms with Gasteiger partial charge in [0.2, 0.25) is 6.08 Å². The second-order valence-corrected chi connectivity index (χ2v) is 5.31. The van der Waals surface area contributed by atoms with Crippen LogP contribution < -0.4 is 0 Å². The first-order chi connectivity index (χ1) is 7.26. The van der Waals surface area contributed by atoms with Gasteiger partial charge in [-0.2, -0.15) is 0 Å². The van der Waals surface area contributed by atoms with Gasteiger partial charge in [0, 0.05) is 9.89 Å². The minimum Gasteiger partial charge on any atom is -0.211 e. The standard InChI is InChI=1S/C12H10BrNO/c13-9-1-2-10-8(5-9)3-4-12(10)6-11(12)14-7-15/h1-2,5,11H,3-4,6H2/t11-,12-/m1/s1. The number of aliphatic imine (C=N–C) groups is 1. The second-order valence-electron chi connectivity index (χ2n) is 4.40. The summed E-state index contributed by atoms with van der Waals surface area (Å²) >= 11 is 3.48. The first-order valence-electron chi connectivity index (χ1n) is 5.12. The zero-order chi connectivity index (χ0) is 10.5. The molecule has 76 valence electrons. The third-order valence-electron chi connectivity index (χ3n) is 3.69. The molecule has 0 bridgehead atoms. The minimum atomic E-state index is 0.188. The lowest BCUT2D eigenvalue weighted by molar-refractivity contribution is 0.559. The summed E-state index contributed by atoms with van der Waals surface area (Å²) in [5, 5.41) is 0. The molecular formula is C12H10BrNO. The van der Waals surface area contributed by atoms with Crippen LogP contribution in [-0.2, 0) is 16.6 Å². The van der Waals surface area contributed by atoms with Gasteiger partial charge in [0.05, 0.1) is 6.04 Å². The first kappa shape index (κ1) is 9.32. The van der Waals surface area contributed by atoms with Gasteiger partial charge < -0.3 is 0 Å². The Balaban J connectivity index is 2.03. The predicted octanol–water partition coefficient (Wildman–Crippen LogP) is 2.74. The number of hydrogen-bond donors (Lipinski definition) is 0. The number of carbonyl (C=O) groups excluding carboxylic acids is 1. The van der Waals surface area contributed by atoms with E-state index in [1.807, 2.05) is 0 Å². The number of benzene rings is 1. The van der Waals surface area contributed by atoms with Crippen molar-refractivity contribution in [1.82, 2.24) is 0 Å². The molecule has 0 N–H and O–H groups in total. The van der Waals surface area contributed by atoms with E-state index in [0.29, 0.717) is 0 Å². The summed E-state index contributed by atoms with van der Waals surface area (Å²) in [5.74, 6) is 0. The van der Waals surface area contributed by atoms with Gasteiger partial charge in [0.15, 0.2) is 0 Å². The van der Waals surface area contributed by atoms with Gasteiger partial charge >= 0.3 is 0 Å². The zero-order valence-electron chi connectivity index (χ0n) is 8.16. The Kier molecular flexibility index (Phi) is 1.88. The number of rotatable bonds is 1. The van der Waals surface area contributed by atoms with Crippen molar-refractivity contribution in [2.75, 3.05) is 0 Å². The highest BCUT2D eigenvalue weighted by molar-refractivity contribution is 9.10. The molecule has 0 aliphatic heterocycles. The van der Waals surface area contributed by atoms with E-state index in [2.05, 4.69) is 39.1 Å². The maximum Gasteiger partial charge on any atom is 0.235 e. The summed E-state index contributed by atoms with van der Waals surface area (Å²) < 4.78 is 1.13. The summed E-state index contributed by atoms with van der Waals surface area (Å²) in [6.07, 6.45) is 4.96. The molecule has 0 radical (unpaired) electrons. The van der Waals surface area contributed by atoms with Crippen LogP contribution >= 0.6 is 15.9 Å². The van der Waals surface area contributed by atoms with E-state index >= 15 is 0 Å². The minimum absolute atomic E-state index is 0.188. The molecule has 1 aromatic carbocycles. The van der Waals surface area contributed by atoms with E-state index < -0.39 is 0 Å². The van der Waals surface area contributed by atoms with Gasteiger partial charge in [0.1, 0.15) is 0 Å². The number of nitrogens with zero attached hydrogens (tertiary/aromatic N) is 1. The van der Waals surface area contributed by atoms with Crippen LogP contribution in [-0.4, -0.2) is 12.1 Å². The van der Waals surface area contributed by atoms with E-state index in [-0.39, 0.29) is 11.5 Å². The van der Waals surface area contributed by atoms with Crippen molar-refractivity contribution in [3.8, 4) is 0 Å². The van der Waals surface area contributed by atoms with Crippen molar-refractivity contribution in [1.29, 1.82) is 0 Å². The van der Waals surface area contributed by atoms with E-state index in [0.717, 1.165) is 23.7 Å². The fraction of sp³-hybridized carbons (Fsp3) is 0.417. The molecule has 0 unspecified atom stereocenters. The average molecular weight is 264 g/mol. The largest absolute Gasteiger partial charge is 0.235 e. The van der Waals surface area contributed by atoms with Gasteiger partial charge in [-0.25, -0.2) is 9.79 Å². The smallest absolute Gasteiger partial charge is 0.211 e. The highest BCUT2D eigenvalue weighted by Crippen LogP contribution is 2.58. The van der Waals surface area contributed by atoms with Gasteiger partial charge in [-0.1, -0.05) is 22.0 Å². The predicted molar refractivity (Wildman–Crippen MR) is 60.7 cm³/mol. The molecule has 3 rings (SSSR count). The monoisotopic (exact) mass is 263 g/mol. The van der Waals surface area contributed by atoms with Crippen molar-refractivity contribution in [3.05, 3.63) is 33.8 Å². The lowest BCUT2D eigenvalue weighted by Gasteiger charge is -2.08. The van der Waals surface area contributed by atoms with Crippen molar-refractivity contribution in [2.24, 2.45) is 4.99 Å². The normalized spacial score (nSPS) is 31.1. The number of fused-ring (bicyclic) bond motifs is 2. The zero-order valence-corrected chi connectivity index (χ0v) is 9.75. The molecule has 2 aliphatic carbocycles. The van der Waals surface area contributed by atoms with Gasteiger partial charge in [0.25, 0.3) is 0 Å². The molecule has 15 heavy (non-hydrogen) atoms. The Bertz CT molecular complexity index is 479. The van der Waals surface area contributed by atoms with Crippen LogP contribution in [0.3, 0.4) is 0 Å². The highest BCUT2D eigenvalue weighted by Gasteiger charge is 2.58. The van der Waals surface area contributed by atoms with Crippen molar-refractivity contribution >= 4 is 22.0 Å². The molecule has 0 saturated heterocycles. The molecule has 0 aromatic heterocycles. The van der Waals surface area contributed by atoms with Crippen LogP contribution in [0, 0.1) is 0 Å². The molecule has 3 heteroatoms. The molecule has 2 aliphatic rings. The topological polar surface area (TPSA) is 29.4 Å². The molecular weight excluding hydrogens is 254 g/mol. The third-order valence-corrected chi connectivity index (χ3v) is 4.18. The fourth-order valence-corrected chi connectivity index (χ4v) is 3.23. The molecule has 1 spiro atoms. The maximum atomic E-state index is 10.3. The number of aryl methyl sites for hydroxylation is 1. The molecule has 2 atom stereocenters. The Morgan fingerprint density at radius 1 is 1.53 bits per heavy atom. The van der Waals surface area contributed by atoms with E-state index in [1.54, 1.807) is 6.08 Å². The summed E-state index contributed by atoms with van der Waals surface area (Å²) in [4.78, 5) is 14.1. The van der Waals surface area contributed by atoms with Crippen LogP contribution in [0.2, 0.25) is 0 Å². The van der Waals surface area contributed by atoms with Crippen LogP contribution in [0.5, 0.6) is 0 Å². The average Bonchev–Trinajstić information content (AvgIpc) is 2.78. The Hall–Kier alpha value is -0.920. The molecule has 0 amide bonds. The maximum absolute atomic E-state index is 10.3. The molecule has 1 saturated carbocycles. The van der Waals surface area contributed by atoms with Crippen LogP contribution in [0.1, 0.15) is 24.0 Å². The van der Waals surface area contributed by atoms with Gasteiger partial charge in [-0.3, -0.25) is 0 Å². The third kappa shape index (κ3) is 1.23. The quantitative estimate of drug-likeness (QED) is 0.566. The summed E-state index contributed by atoms with van der Waals surface area (Å²) in [5.41, 5.74) is 3.00. The number of hydrogen-bond acceptors (Lipinski definition) is 2. The molecule has 2 nitrogen and oxygen atoms in total. The lowest BCUT2D eigenvalue weighted by Crippen LogP contribution is -2.06. The van der Waals surface area contributed by atoms with Crippen LogP contribution in [0.25, 0.3) is 0 Å². The first-order valence-corrected chi connectivity index (χ1v) is 5.91. The molecule has 1 aromatic rings. The Morgan fingerprint density at radius 2 is 2.40 bits per heavy atom. The summed E-state index contributed by atoms with van der Waals surface area (Å²) in [6.45, 7) is 0. The number of halogens is 1. The molecule has 0 heterocycles. The summed E-state index contributed by atoms with van der Waals surface area (Å²) in [7, 11) is 0. The summed E-state index contributed by atoms with van der Waals surface area (Å²) in [6, 6.07) is 6.63. The second kappa shape index (κ2) is 3.03. The Morgan fingerprint density at radius 3 is 3.20 bits per heavy atom. The van der Waals surface area contributed by atoms with Crippen molar-refractivity contribution in [2.45, 2.75) is 30.7 Å². The lowest BCUT2D eigenvalue weighted by atomic mass is 9.98. The van der Waals surface area contributed by atoms with Crippen molar-refractivity contribution in [3.63, 3.8) is 0 Å². The molecule has 1 fully saturated rings. The highest BCUT2D eigenvalue weighted by atomic mass is 79.9. The fourth-order valence-electron chi connectivity index (χ4n) is 2.82. The van der Waals surface area contributed by atoms with Crippen LogP contribution in [0.15, 0.2) is 27.7 Å². The number of isocyanates is 1. The van der Waals surface area contributed by atoms with Crippen LogP contribution in [0.4, 0.5) is 0 Å². The van der Waals surface area contributed by atoms with Gasteiger partial charge in [-0.15, -0.1) is 0 Å². The van der Waals surface area contributed by atoms with Crippen molar-refractivity contribution < 1.29 is 4.79 Å².